The Hall–Kier alpha value is -2.99. The van der Waals surface area contributed by atoms with Gasteiger partial charge in [0, 0.05) is 0 Å². The second-order valence-corrected chi connectivity index (χ2v) is 6.62. The molecule has 6 nitrogen and oxygen atoms in total. The topological polar surface area (TPSA) is 76.7 Å². The number of hydrogen-bond acceptors (Lipinski definition) is 4. The van der Waals surface area contributed by atoms with E-state index in [9.17, 15) is 9.59 Å². The van der Waals surface area contributed by atoms with E-state index in [1.54, 1.807) is 18.2 Å². The molecule has 0 bridgehead atoms. The molecule has 2 aromatic carbocycles. The lowest BCUT2D eigenvalue weighted by Crippen LogP contribution is -2.45. The molecule has 0 fully saturated rings. The van der Waals surface area contributed by atoms with Gasteiger partial charge in [0.05, 0.1) is 36.1 Å². The highest BCUT2D eigenvalue weighted by Crippen LogP contribution is 2.35. The number of benzene rings is 2. The van der Waals surface area contributed by atoms with E-state index in [1.165, 1.54) is 7.11 Å². The van der Waals surface area contributed by atoms with E-state index >= 15 is 0 Å². The zero-order valence-corrected chi connectivity index (χ0v) is 16.4. The monoisotopic (exact) mass is 400 g/mol. The third-order valence-electron chi connectivity index (χ3n) is 4.29. The van der Waals surface area contributed by atoms with Gasteiger partial charge in [-0.05, 0) is 29.7 Å². The number of hydrogen-bond donors (Lipinski definition) is 2. The molecule has 1 atom stereocenters. The molecule has 7 heteroatoms. The van der Waals surface area contributed by atoms with Crippen molar-refractivity contribution < 1.29 is 19.1 Å². The number of methoxy groups -OCH3 is 1. The number of urea groups is 1. The van der Waals surface area contributed by atoms with Crippen molar-refractivity contribution in [3.05, 3.63) is 70.3 Å². The van der Waals surface area contributed by atoms with Crippen LogP contribution >= 0.6 is 11.6 Å². The van der Waals surface area contributed by atoms with Crippen LogP contribution < -0.4 is 15.4 Å². The number of esters is 1. The molecule has 0 aliphatic carbocycles. The van der Waals surface area contributed by atoms with Crippen LogP contribution in [0.25, 0.3) is 5.70 Å². The van der Waals surface area contributed by atoms with Crippen molar-refractivity contribution in [1.82, 2.24) is 10.6 Å². The molecule has 2 N–H and O–H groups in total. The number of nitrogens with one attached hydrogen (secondary N) is 2. The van der Waals surface area contributed by atoms with E-state index < -0.39 is 18.0 Å². The first kappa shape index (κ1) is 19.8. The SMILES string of the molecule is CCCOc1ccc(C2NC(=O)NC(c3ccccc3)=C2C(=O)OC)cc1Cl. The van der Waals surface area contributed by atoms with Gasteiger partial charge in [-0.2, -0.15) is 0 Å². The van der Waals surface area contributed by atoms with Gasteiger partial charge >= 0.3 is 12.0 Å². The number of carbonyl (C=O) groups is 2. The first-order valence-electron chi connectivity index (χ1n) is 8.92. The Labute approximate surface area is 168 Å². The van der Waals surface area contributed by atoms with Crippen LogP contribution in [-0.2, 0) is 9.53 Å². The molecule has 28 heavy (non-hydrogen) atoms. The molecule has 1 heterocycles. The molecule has 1 aliphatic heterocycles. The minimum Gasteiger partial charge on any atom is -0.492 e. The minimum atomic E-state index is -0.714. The summed E-state index contributed by atoms with van der Waals surface area (Å²) in [6.07, 6.45) is 0.859. The Balaban J connectivity index is 2.09. The van der Waals surface area contributed by atoms with Crippen molar-refractivity contribution in [2.75, 3.05) is 13.7 Å². The van der Waals surface area contributed by atoms with E-state index in [-0.39, 0.29) is 0 Å². The average molecular weight is 401 g/mol. The number of ether oxygens (including phenoxy) is 2. The van der Waals surface area contributed by atoms with E-state index in [1.807, 2.05) is 37.3 Å². The summed E-state index contributed by atoms with van der Waals surface area (Å²) in [7, 11) is 1.31. The molecule has 1 unspecified atom stereocenters. The maximum atomic E-state index is 12.6. The van der Waals surface area contributed by atoms with E-state index in [4.69, 9.17) is 21.1 Å². The van der Waals surface area contributed by atoms with Crippen LogP contribution in [0.5, 0.6) is 5.75 Å². The van der Waals surface area contributed by atoms with Crippen LogP contribution in [0.3, 0.4) is 0 Å². The van der Waals surface area contributed by atoms with E-state index in [2.05, 4.69) is 10.6 Å². The van der Waals surface area contributed by atoms with Crippen LogP contribution in [0.1, 0.15) is 30.5 Å². The van der Waals surface area contributed by atoms with Crippen LogP contribution in [-0.4, -0.2) is 25.7 Å². The lowest BCUT2D eigenvalue weighted by atomic mass is 9.92. The van der Waals surface area contributed by atoms with Crippen molar-refractivity contribution in [1.29, 1.82) is 0 Å². The number of halogens is 1. The summed E-state index contributed by atoms with van der Waals surface area (Å²) in [5.74, 6) is 0.0122. The Morgan fingerprint density at radius 1 is 1.18 bits per heavy atom. The molecule has 2 amide bonds. The van der Waals surface area contributed by atoms with Crippen LogP contribution in [0, 0.1) is 0 Å². The van der Waals surface area contributed by atoms with Gasteiger partial charge in [-0.15, -0.1) is 0 Å². The molecular weight excluding hydrogens is 380 g/mol. The summed E-state index contributed by atoms with van der Waals surface area (Å²) in [6, 6.07) is 13.2. The Kier molecular flexibility index (Phi) is 6.21. The molecule has 0 saturated heterocycles. The predicted octanol–water partition coefficient (Wildman–Crippen LogP) is 4.07. The van der Waals surface area contributed by atoms with Gasteiger partial charge in [0.25, 0.3) is 0 Å². The fourth-order valence-electron chi connectivity index (χ4n) is 3.00. The lowest BCUT2D eigenvalue weighted by molar-refractivity contribution is -0.136. The Morgan fingerprint density at radius 3 is 2.57 bits per heavy atom. The van der Waals surface area contributed by atoms with Crippen molar-refractivity contribution in [2.24, 2.45) is 0 Å². The summed E-state index contributed by atoms with van der Waals surface area (Å²) in [4.78, 5) is 24.9. The average Bonchev–Trinajstić information content (AvgIpc) is 2.72. The molecule has 0 aromatic heterocycles. The summed E-state index contributed by atoms with van der Waals surface area (Å²) >= 11 is 6.35. The van der Waals surface area contributed by atoms with Crippen molar-refractivity contribution in [3.8, 4) is 5.75 Å². The predicted molar refractivity (Wildman–Crippen MR) is 107 cm³/mol. The molecule has 0 saturated carbocycles. The summed E-state index contributed by atoms with van der Waals surface area (Å²) in [5.41, 5.74) is 2.06. The zero-order chi connectivity index (χ0) is 20.1. The Bertz CT molecular complexity index is 912. The maximum absolute atomic E-state index is 12.6. The molecule has 2 aromatic rings. The van der Waals surface area contributed by atoms with Crippen LogP contribution in [0.2, 0.25) is 5.02 Å². The van der Waals surface area contributed by atoms with Gasteiger partial charge in [0.1, 0.15) is 5.75 Å². The largest absolute Gasteiger partial charge is 0.492 e. The summed E-state index contributed by atoms with van der Waals surface area (Å²) in [6.45, 7) is 2.56. The smallest absolute Gasteiger partial charge is 0.338 e. The highest BCUT2D eigenvalue weighted by atomic mass is 35.5. The standard InChI is InChI=1S/C21H21ClN2O4/c1-3-11-28-16-10-9-14(12-15(16)22)19-17(20(25)27-2)18(23-21(26)24-19)13-7-5-4-6-8-13/h4-10,12,19H,3,11H2,1-2H3,(H2,23,24,26). The summed E-state index contributed by atoms with van der Waals surface area (Å²) in [5, 5.41) is 5.91. The van der Waals surface area contributed by atoms with Gasteiger partial charge in [-0.25, -0.2) is 9.59 Å². The third kappa shape index (κ3) is 4.12. The first-order chi connectivity index (χ1) is 13.5. The van der Waals surface area contributed by atoms with Gasteiger partial charge < -0.3 is 20.1 Å². The van der Waals surface area contributed by atoms with Gasteiger partial charge in [-0.1, -0.05) is 54.9 Å². The molecule has 146 valence electrons. The quantitative estimate of drug-likeness (QED) is 0.717. The molecule has 0 spiro atoms. The van der Waals surface area contributed by atoms with Crippen molar-refractivity contribution >= 4 is 29.3 Å². The third-order valence-corrected chi connectivity index (χ3v) is 4.59. The van der Waals surface area contributed by atoms with Gasteiger partial charge in [-0.3, -0.25) is 0 Å². The van der Waals surface area contributed by atoms with Crippen LogP contribution in [0.15, 0.2) is 54.1 Å². The number of amides is 2. The normalized spacial score (nSPS) is 16.2. The van der Waals surface area contributed by atoms with Crippen molar-refractivity contribution in [2.45, 2.75) is 19.4 Å². The van der Waals surface area contributed by atoms with Crippen molar-refractivity contribution in [3.63, 3.8) is 0 Å². The van der Waals surface area contributed by atoms with E-state index in [0.29, 0.717) is 39.8 Å². The molecular formula is C21H21ClN2O4. The highest BCUT2D eigenvalue weighted by Gasteiger charge is 2.34. The fraction of sp³-hybridized carbons (Fsp3) is 0.238. The lowest BCUT2D eigenvalue weighted by Gasteiger charge is -2.29. The molecule has 1 aliphatic rings. The fourth-order valence-corrected chi connectivity index (χ4v) is 3.25. The minimum absolute atomic E-state index is 0.298. The van der Waals surface area contributed by atoms with Gasteiger partial charge in [0.2, 0.25) is 0 Å². The number of carbonyl (C=O) groups excluding carboxylic acids is 2. The highest BCUT2D eigenvalue weighted by molar-refractivity contribution is 6.32. The molecule has 0 radical (unpaired) electrons. The number of rotatable bonds is 6. The molecule has 3 rings (SSSR count). The van der Waals surface area contributed by atoms with Gasteiger partial charge in [0.15, 0.2) is 0 Å². The zero-order valence-electron chi connectivity index (χ0n) is 15.6. The summed E-state index contributed by atoms with van der Waals surface area (Å²) < 4.78 is 10.6. The maximum Gasteiger partial charge on any atom is 0.338 e. The Morgan fingerprint density at radius 2 is 1.93 bits per heavy atom. The second-order valence-electron chi connectivity index (χ2n) is 6.22. The second kappa shape index (κ2) is 8.80. The first-order valence-corrected chi connectivity index (χ1v) is 9.30. The van der Waals surface area contributed by atoms with E-state index in [0.717, 1.165) is 6.42 Å². The van der Waals surface area contributed by atoms with Crippen LogP contribution in [0.4, 0.5) is 4.79 Å².